The van der Waals surface area contributed by atoms with Gasteiger partial charge in [0.2, 0.25) is 0 Å². The molecule has 2 aromatic heterocycles. The maximum Gasteiger partial charge on any atom is 0.0472 e. The van der Waals surface area contributed by atoms with Gasteiger partial charge in [-0.3, -0.25) is 0 Å². The molecule has 1 nitrogen and oxygen atoms in total. The lowest BCUT2D eigenvalue weighted by Crippen LogP contribution is -1.75. The zero-order valence-electron chi connectivity index (χ0n) is 15.0. The van der Waals surface area contributed by atoms with Crippen molar-refractivity contribution < 1.29 is 0 Å². The van der Waals surface area contributed by atoms with E-state index in [2.05, 4.69) is 89.9 Å². The fraction of sp³-hybridized carbons (Fsp3) is 0. The first-order valence-electron chi connectivity index (χ1n) is 9.53. The Morgan fingerprint density at radius 2 is 1.14 bits per heavy atom. The van der Waals surface area contributed by atoms with Crippen LogP contribution in [0.4, 0.5) is 0 Å². The van der Waals surface area contributed by atoms with E-state index >= 15 is 0 Å². The maximum absolute atomic E-state index is 3.66. The predicted molar refractivity (Wildman–Crippen MR) is 124 cm³/mol. The molecule has 0 saturated heterocycles. The number of hydrogen-bond acceptors (Lipinski definition) is 1. The highest BCUT2D eigenvalue weighted by Crippen LogP contribution is 2.43. The highest BCUT2D eigenvalue weighted by atomic mass is 32.1. The molecule has 0 spiro atoms. The van der Waals surface area contributed by atoms with Crippen LogP contribution in [-0.4, -0.2) is 4.98 Å². The summed E-state index contributed by atoms with van der Waals surface area (Å²) in [6, 6.07) is 31.1. The molecule has 2 heterocycles. The molecule has 2 heteroatoms. The lowest BCUT2D eigenvalue weighted by atomic mass is 10.0. The van der Waals surface area contributed by atoms with Crippen LogP contribution in [0, 0.1) is 0 Å². The lowest BCUT2D eigenvalue weighted by Gasteiger charge is -2.01. The van der Waals surface area contributed by atoms with Crippen LogP contribution in [0.1, 0.15) is 0 Å². The summed E-state index contributed by atoms with van der Waals surface area (Å²) >= 11 is 1.89. The number of aromatic nitrogens is 1. The second-order valence-corrected chi connectivity index (χ2v) is 8.61. The maximum atomic E-state index is 3.66. The molecule has 1 N–H and O–H groups in total. The summed E-state index contributed by atoms with van der Waals surface area (Å²) < 4.78 is 2.71. The quantitative estimate of drug-likeness (QED) is 0.277. The fourth-order valence-corrected chi connectivity index (χ4v) is 5.78. The molecule has 7 rings (SSSR count). The number of rotatable bonds is 0. The van der Waals surface area contributed by atoms with E-state index in [1.54, 1.807) is 0 Å². The minimum Gasteiger partial charge on any atom is -0.354 e. The van der Waals surface area contributed by atoms with Gasteiger partial charge >= 0.3 is 0 Å². The number of hydrogen-bond donors (Lipinski definition) is 1. The van der Waals surface area contributed by atoms with Crippen molar-refractivity contribution in [3.8, 4) is 0 Å². The molecule has 0 aliphatic rings. The minimum absolute atomic E-state index is 1.21. The SMILES string of the molecule is c1ccc2cc3c(cc2c1)[nH]c1ccc2sc4cc5ccccc5cc4c2c13. The molecular formula is C26H15NS. The molecule has 0 fully saturated rings. The van der Waals surface area contributed by atoms with E-state index in [9.17, 15) is 0 Å². The van der Waals surface area contributed by atoms with Gasteiger partial charge in [-0.2, -0.15) is 0 Å². The predicted octanol–water partition coefficient (Wildman–Crippen LogP) is 8.00. The second-order valence-electron chi connectivity index (χ2n) is 7.53. The molecule has 0 saturated carbocycles. The molecule has 0 atom stereocenters. The lowest BCUT2D eigenvalue weighted by molar-refractivity contribution is 1.56. The zero-order valence-corrected chi connectivity index (χ0v) is 15.8. The van der Waals surface area contributed by atoms with Crippen molar-refractivity contribution in [2.75, 3.05) is 0 Å². The van der Waals surface area contributed by atoms with Gasteiger partial charge in [0.25, 0.3) is 0 Å². The van der Waals surface area contributed by atoms with Crippen molar-refractivity contribution in [3.63, 3.8) is 0 Å². The van der Waals surface area contributed by atoms with Gasteiger partial charge in [0.05, 0.1) is 0 Å². The molecule has 0 aliphatic heterocycles. The van der Waals surface area contributed by atoms with Gasteiger partial charge in [0.1, 0.15) is 0 Å². The molecule has 0 radical (unpaired) electrons. The summed E-state index contributed by atoms with van der Waals surface area (Å²) in [7, 11) is 0. The summed E-state index contributed by atoms with van der Waals surface area (Å²) in [6.07, 6.45) is 0. The Bertz CT molecular complexity index is 1590. The summed E-state index contributed by atoms with van der Waals surface area (Å²) in [5, 5.41) is 10.6. The molecular weight excluding hydrogens is 358 g/mol. The van der Waals surface area contributed by atoms with Crippen molar-refractivity contribution in [3.05, 3.63) is 84.9 Å². The minimum atomic E-state index is 1.21. The summed E-state index contributed by atoms with van der Waals surface area (Å²) in [6.45, 7) is 0. The summed E-state index contributed by atoms with van der Waals surface area (Å²) in [4.78, 5) is 3.66. The Balaban J connectivity index is 1.74. The standard InChI is InChI=1S/C26H15NS/c1-3-7-17-13-22-19(11-15(17)5-1)25-21(27-22)9-10-23-26(25)20-12-16-6-2-4-8-18(16)14-24(20)28-23/h1-14,27H. The van der Waals surface area contributed by atoms with Crippen LogP contribution in [0.5, 0.6) is 0 Å². The van der Waals surface area contributed by atoms with Gasteiger partial charge in [-0.1, -0.05) is 48.5 Å². The van der Waals surface area contributed by atoms with Crippen LogP contribution < -0.4 is 0 Å². The van der Waals surface area contributed by atoms with Crippen molar-refractivity contribution in [2.45, 2.75) is 0 Å². The molecule has 0 aliphatic carbocycles. The van der Waals surface area contributed by atoms with Crippen molar-refractivity contribution >= 4 is 74.9 Å². The van der Waals surface area contributed by atoms with Gasteiger partial charge in [-0.25, -0.2) is 0 Å². The first-order valence-corrected chi connectivity index (χ1v) is 10.3. The number of thiophene rings is 1. The van der Waals surface area contributed by atoms with E-state index in [0.29, 0.717) is 0 Å². The third-order valence-electron chi connectivity index (χ3n) is 5.93. The van der Waals surface area contributed by atoms with E-state index < -0.39 is 0 Å². The molecule has 0 bridgehead atoms. The van der Waals surface area contributed by atoms with Gasteiger partial charge < -0.3 is 4.98 Å². The van der Waals surface area contributed by atoms with E-state index in [0.717, 1.165) is 0 Å². The Labute approximate surface area is 164 Å². The highest BCUT2D eigenvalue weighted by Gasteiger charge is 2.14. The number of fused-ring (bicyclic) bond motifs is 9. The first kappa shape index (κ1) is 14.7. The van der Waals surface area contributed by atoms with Gasteiger partial charge in [-0.15, -0.1) is 11.3 Å². The summed E-state index contributed by atoms with van der Waals surface area (Å²) in [5.41, 5.74) is 2.42. The fourth-order valence-electron chi connectivity index (χ4n) is 4.63. The number of nitrogens with one attached hydrogen (secondary N) is 1. The van der Waals surface area contributed by atoms with Crippen LogP contribution in [-0.2, 0) is 0 Å². The van der Waals surface area contributed by atoms with Gasteiger partial charge in [-0.05, 0) is 57.9 Å². The molecule has 0 amide bonds. The summed E-state index contributed by atoms with van der Waals surface area (Å²) in [5.74, 6) is 0. The molecule has 0 unspecified atom stereocenters. The zero-order chi connectivity index (χ0) is 18.2. The normalized spacial score (nSPS) is 12.3. The highest BCUT2D eigenvalue weighted by molar-refractivity contribution is 7.26. The molecule has 7 aromatic rings. The van der Waals surface area contributed by atoms with Crippen LogP contribution in [0.15, 0.2) is 84.9 Å². The first-order chi connectivity index (χ1) is 13.8. The average Bonchev–Trinajstić information content (AvgIpc) is 3.27. The monoisotopic (exact) mass is 373 g/mol. The smallest absolute Gasteiger partial charge is 0.0472 e. The van der Waals surface area contributed by atoms with Crippen LogP contribution in [0.3, 0.4) is 0 Å². The van der Waals surface area contributed by atoms with Crippen LogP contribution in [0.25, 0.3) is 63.5 Å². The average molecular weight is 373 g/mol. The number of H-pyrrole nitrogens is 1. The Hall–Kier alpha value is -3.36. The Morgan fingerprint density at radius 3 is 1.89 bits per heavy atom. The Kier molecular flexibility index (Phi) is 2.68. The van der Waals surface area contributed by atoms with Gasteiger partial charge in [0.15, 0.2) is 0 Å². The topological polar surface area (TPSA) is 15.8 Å². The second kappa shape index (κ2) is 5.12. The molecule has 28 heavy (non-hydrogen) atoms. The number of aromatic amines is 1. The molecule has 5 aromatic carbocycles. The van der Waals surface area contributed by atoms with Crippen molar-refractivity contribution in [1.29, 1.82) is 0 Å². The van der Waals surface area contributed by atoms with E-state index in [1.165, 1.54) is 63.5 Å². The van der Waals surface area contributed by atoms with Gasteiger partial charge in [0, 0.05) is 42.0 Å². The van der Waals surface area contributed by atoms with Crippen molar-refractivity contribution in [1.82, 2.24) is 4.98 Å². The molecule has 130 valence electrons. The Morgan fingerprint density at radius 1 is 0.500 bits per heavy atom. The third kappa shape index (κ3) is 1.85. The number of benzene rings is 5. The van der Waals surface area contributed by atoms with E-state index in [4.69, 9.17) is 0 Å². The van der Waals surface area contributed by atoms with Crippen molar-refractivity contribution in [2.24, 2.45) is 0 Å². The largest absolute Gasteiger partial charge is 0.354 e. The third-order valence-corrected chi connectivity index (χ3v) is 7.05. The van der Waals surface area contributed by atoms with E-state index in [1.807, 2.05) is 11.3 Å². The van der Waals surface area contributed by atoms with Crippen LogP contribution >= 0.6 is 11.3 Å². The van der Waals surface area contributed by atoms with Crippen LogP contribution in [0.2, 0.25) is 0 Å². The van der Waals surface area contributed by atoms with E-state index in [-0.39, 0.29) is 0 Å².